The number of pyridine rings is 2. The van der Waals surface area contributed by atoms with E-state index in [1.165, 1.54) is 11.8 Å². The smallest absolute Gasteiger partial charge is 0.138 e. The van der Waals surface area contributed by atoms with Gasteiger partial charge in [-0.15, -0.1) is 0 Å². The topological polar surface area (TPSA) is 73.7 Å². The van der Waals surface area contributed by atoms with Gasteiger partial charge >= 0.3 is 0 Å². The molecule has 2 saturated carbocycles. The monoisotopic (exact) mass is 572 g/mol. The number of ether oxygens (including phenoxy) is 3. The highest BCUT2D eigenvalue weighted by molar-refractivity contribution is 5.32. The first-order valence-electron chi connectivity index (χ1n) is 14.8. The molecule has 43 heavy (non-hydrogen) atoms. The third kappa shape index (κ3) is 8.35. The number of hydrogen-bond acceptors (Lipinski definition) is 6. The van der Waals surface area contributed by atoms with E-state index in [0.29, 0.717) is 30.3 Å². The number of benzene rings is 3. The Morgan fingerprint density at radius 2 is 1.07 bits per heavy atom. The number of para-hydroxylation sites is 2. The fourth-order valence-electron chi connectivity index (χ4n) is 5.23. The highest BCUT2D eigenvalue weighted by Crippen LogP contribution is 2.48. The van der Waals surface area contributed by atoms with Crippen LogP contribution in [-0.4, -0.2) is 28.3 Å². The van der Waals surface area contributed by atoms with E-state index in [9.17, 15) is 5.11 Å². The quantitative estimate of drug-likeness (QED) is 0.174. The molecule has 7 rings (SSSR count). The van der Waals surface area contributed by atoms with E-state index in [0.717, 1.165) is 54.4 Å². The zero-order valence-corrected chi connectivity index (χ0v) is 24.0. The van der Waals surface area contributed by atoms with Gasteiger partial charge in [0, 0.05) is 24.2 Å². The maximum absolute atomic E-state index is 9.39. The number of aromatic hydroxyl groups is 1. The Morgan fingerprint density at radius 1 is 0.558 bits per heavy atom. The van der Waals surface area contributed by atoms with Crippen LogP contribution < -0.4 is 14.2 Å². The van der Waals surface area contributed by atoms with E-state index >= 15 is 0 Å². The molecule has 4 atom stereocenters. The van der Waals surface area contributed by atoms with Crippen molar-refractivity contribution in [1.82, 2.24) is 9.97 Å². The predicted molar refractivity (Wildman–Crippen MR) is 166 cm³/mol. The second-order valence-electron chi connectivity index (χ2n) is 11.2. The van der Waals surface area contributed by atoms with Crippen molar-refractivity contribution in [1.29, 1.82) is 0 Å². The largest absolute Gasteiger partial charge is 0.506 e. The van der Waals surface area contributed by atoms with E-state index in [1.54, 1.807) is 12.3 Å². The molecule has 1 N–H and O–H groups in total. The van der Waals surface area contributed by atoms with Gasteiger partial charge in [-0.05, 0) is 77.8 Å². The summed E-state index contributed by atoms with van der Waals surface area (Å²) in [7, 11) is 0. The Hall–Kier alpha value is -4.84. The molecule has 2 aromatic heterocycles. The molecule has 2 fully saturated rings. The van der Waals surface area contributed by atoms with Crippen molar-refractivity contribution in [3.8, 4) is 23.0 Å². The van der Waals surface area contributed by atoms with E-state index in [1.807, 2.05) is 91.3 Å². The molecule has 2 aliphatic carbocycles. The molecular weight excluding hydrogens is 536 g/mol. The van der Waals surface area contributed by atoms with Crippen LogP contribution in [0.2, 0.25) is 0 Å². The maximum atomic E-state index is 9.39. The van der Waals surface area contributed by atoms with Crippen molar-refractivity contribution in [2.45, 2.75) is 31.3 Å². The summed E-state index contributed by atoms with van der Waals surface area (Å²) >= 11 is 0. The lowest BCUT2D eigenvalue weighted by molar-refractivity contribution is 0.296. The van der Waals surface area contributed by atoms with E-state index < -0.39 is 0 Å². The average Bonchev–Trinajstić information content (AvgIpc) is 4.00. The second-order valence-corrected chi connectivity index (χ2v) is 11.2. The molecule has 0 aliphatic heterocycles. The molecule has 2 heterocycles. The highest BCUT2D eigenvalue weighted by Gasteiger charge is 2.40. The van der Waals surface area contributed by atoms with Gasteiger partial charge in [0.25, 0.3) is 0 Å². The summed E-state index contributed by atoms with van der Waals surface area (Å²) in [6.45, 7) is 2.05. The Balaban J connectivity index is 0.000000162. The van der Waals surface area contributed by atoms with Crippen molar-refractivity contribution >= 4 is 0 Å². The molecule has 0 saturated heterocycles. The molecule has 0 bridgehead atoms. The highest BCUT2D eigenvalue weighted by atomic mass is 16.5. The zero-order valence-electron chi connectivity index (χ0n) is 24.0. The van der Waals surface area contributed by atoms with Crippen LogP contribution >= 0.6 is 0 Å². The van der Waals surface area contributed by atoms with Gasteiger partial charge in [0.15, 0.2) is 0 Å². The third-order valence-corrected chi connectivity index (χ3v) is 7.84. The van der Waals surface area contributed by atoms with Crippen LogP contribution in [0.25, 0.3) is 0 Å². The van der Waals surface area contributed by atoms with Gasteiger partial charge in [0.05, 0.1) is 25.6 Å². The maximum Gasteiger partial charge on any atom is 0.138 e. The number of aromatic nitrogens is 2. The average molecular weight is 573 g/mol. The van der Waals surface area contributed by atoms with Crippen LogP contribution in [0.5, 0.6) is 23.0 Å². The van der Waals surface area contributed by atoms with Crippen LogP contribution in [0.15, 0.2) is 128 Å². The van der Waals surface area contributed by atoms with Crippen molar-refractivity contribution in [2.24, 2.45) is 11.8 Å². The summed E-state index contributed by atoms with van der Waals surface area (Å²) < 4.78 is 17.5. The summed E-state index contributed by atoms with van der Waals surface area (Å²) in [5, 5.41) is 9.39. The van der Waals surface area contributed by atoms with E-state index in [2.05, 4.69) is 28.2 Å². The molecule has 0 radical (unpaired) electrons. The normalized spacial score (nSPS) is 19.8. The Bertz CT molecular complexity index is 1570. The van der Waals surface area contributed by atoms with Crippen LogP contribution in [0, 0.1) is 11.8 Å². The zero-order chi connectivity index (χ0) is 29.3. The van der Waals surface area contributed by atoms with Gasteiger partial charge in [-0.2, -0.15) is 0 Å². The molecule has 3 aromatic carbocycles. The van der Waals surface area contributed by atoms with Crippen LogP contribution in [0.4, 0.5) is 0 Å². The molecule has 218 valence electrons. The van der Waals surface area contributed by atoms with Crippen molar-refractivity contribution < 1.29 is 19.3 Å². The molecule has 0 spiro atoms. The number of rotatable bonds is 11. The first kappa shape index (κ1) is 28.3. The summed E-state index contributed by atoms with van der Waals surface area (Å²) in [6, 6.07) is 33.9. The molecule has 6 heteroatoms. The van der Waals surface area contributed by atoms with Gasteiger partial charge in [-0.25, -0.2) is 0 Å². The lowest BCUT2D eigenvalue weighted by Crippen LogP contribution is -2.01. The lowest BCUT2D eigenvalue weighted by atomic mass is 10.1. The molecular formula is C37H36N2O4. The standard InChI is InChI=1S/C22H21NO2.C15H15NO2/c1-3-7-17(8-4-1)15-24-21-11-18(13-23-14-21)22-12-19(22)16-25-20-9-5-2-6-10-20;17-13-6-11(8-16-9-13)15-7-12(15)10-18-14-4-2-1-3-5-14/h1-11,13-14,19,22H,12,15-16H2;1-6,8-9,12,15,17H,7,10H2/t19-,22-;12-,15-/m11/s1. The molecule has 0 unspecified atom stereocenters. The lowest BCUT2D eigenvalue weighted by Gasteiger charge is -2.08. The Labute approximate surface area is 253 Å². The van der Waals surface area contributed by atoms with Gasteiger partial charge in [-0.3, -0.25) is 9.97 Å². The Morgan fingerprint density at radius 3 is 1.63 bits per heavy atom. The molecule has 5 aromatic rings. The fraction of sp³-hybridized carbons (Fsp3) is 0.243. The van der Waals surface area contributed by atoms with Crippen molar-refractivity contribution in [3.63, 3.8) is 0 Å². The van der Waals surface area contributed by atoms with Gasteiger partial charge in [0.1, 0.15) is 29.6 Å². The molecule has 2 aliphatic rings. The molecule has 6 nitrogen and oxygen atoms in total. The molecule has 0 amide bonds. The first-order chi connectivity index (χ1) is 21.2. The van der Waals surface area contributed by atoms with Gasteiger partial charge in [-0.1, -0.05) is 66.7 Å². The first-order valence-corrected chi connectivity index (χ1v) is 14.8. The Kier molecular flexibility index (Phi) is 9.13. The number of nitrogens with zero attached hydrogens (tertiary/aromatic N) is 2. The number of hydrogen-bond donors (Lipinski definition) is 1. The van der Waals surface area contributed by atoms with Crippen molar-refractivity contribution in [3.05, 3.63) is 145 Å². The van der Waals surface area contributed by atoms with Gasteiger partial charge < -0.3 is 19.3 Å². The summed E-state index contributed by atoms with van der Waals surface area (Å²) in [6.07, 6.45) is 9.27. The van der Waals surface area contributed by atoms with Gasteiger partial charge in [0.2, 0.25) is 0 Å². The fourth-order valence-corrected chi connectivity index (χ4v) is 5.23. The summed E-state index contributed by atoms with van der Waals surface area (Å²) in [5.41, 5.74) is 3.51. The van der Waals surface area contributed by atoms with Crippen LogP contribution in [0.3, 0.4) is 0 Å². The summed E-state index contributed by atoms with van der Waals surface area (Å²) in [5.74, 6) is 5.02. The minimum atomic E-state index is 0.238. The summed E-state index contributed by atoms with van der Waals surface area (Å²) in [4.78, 5) is 8.35. The van der Waals surface area contributed by atoms with Crippen molar-refractivity contribution in [2.75, 3.05) is 13.2 Å². The SMILES string of the molecule is Oc1cncc([C@H]2C[C@@H]2COc2ccccc2)c1.c1ccc(COc2cncc([C@H]3C[C@@H]3COc3ccccc3)c2)cc1. The van der Waals surface area contributed by atoms with E-state index in [4.69, 9.17) is 14.2 Å². The van der Waals surface area contributed by atoms with Crippen LogP contribution in [-0.2, 0) is 6.61 Å². The predicted octanol–water partition coefficient (Wildman–Crippen LogP) is 7.81. The van der Waals surface area contributed by atoms with E-state index in [-0.39, 0.29) is 5.75 Å². The minimum absolute atomic E-state index is 0.238. The second kappa shape index (κ2) is 13.9. The third-order valence-electron chi connectivity index (χ3n) is 7.84. The minimum Gasteiger partial charge on any atom is -0.506 e. The van der Waals surface area contributed by atoms with Crippen LogP contribution in [0.1, 0.15) is 41.4 Å².